The number of hydroxylamine groups is 3. The van der Waals surface area contributed by atoms with Crippen LogP contribution in [0.15, 0.2) is 0 Å². The van der Waals surface area contributed by atoms with Gasteiger partial charge in [0.1, 0.15) is 0 Å². The van der Waals surface area contributed by atoms with Gasteiger partial charge < -0.3 is 9.85 Å². The van der Waals surface area contributed by atoms with E-state index in [4.69, 9.17) is 0 Å². The van der Waals surface area contributed by atoms with Gasteiger partial charge in [-0.15, -0.1) is 0 Å². The van der Waals surface area contributed by atoms with E-state index in [0.717, 1.165) is 32.4 Å². The number of hydrogen-bond donors (Lipinski definition) is 0. The molecule has 2 atom stereocenters. The fourth-order valence-corrected chi connectivity index (χ4v) is 1.97. The number of likely N-dealkylation sites (tertiary alicyclic amines) is 1. The molecule has 1 rings (SSSR count). The summed E-state index contributed by atoms with van der Waals surface area (Å²) in [4.78, 5) is 0. The van der Waals surface area contributed by atoms with Gasteiger partial charge in [-0.3, -0.25) is 0 Å². The maximum Gasteiger partial charge on any atom is 0.0886 e. The molecule has 60 valence electrons. The summed E-state index contributed by atoms with van der Waals surface area (Å²) < 4.78 is 0.0799. The van der Waals surface area contributed by atoms with Crippen LogP contribution in [0.4, 0.5) is 0 Å². The standard InChI is InChI=1S/C8H17NO/c1-3-8-6-5-7-9(8,10)4-2/h8H,3-7H2,1-2H3. The lowest BCUT2D eigenvalue weighted by Gasteiger charge is -2.43. The molecule has 2 heteroatoms. The Bertz CT molecular complexity index is 116. The molecule has 1 aliphatic heterocycles. The summed E-state index contributed by atoms with van der Waals surface area (Å²) in [5.74, 6) is 0. The topological polar surface area (TPSA) is 23.1 Å². The van der Waals surface area contributed by atoms with Crippen LogP contribution >= 0.6 is 0 Å². The molecular weight excluding hydrogens is 126 g/mol. The van der Waals surface area contributed by atoms with E-state index in [1.165, 1.54) is 0 Å². The Hall–Kier alpha value is -0.0800. The van der Waals surface area contributed by atoms with Crippen LogP contribution in [0.1, 0.15) is 33.1 Å². The van der Waals surface area contributed by atoms with Gasteiger partial charge in [-0.1, -0.05) is 6.92 Å². The lowest BCUT2D eigenvalue weighted by molar-refractivity contribution is -0.890. The highest BCUT2D eigenvalue weighted by molar-refractivity contribution is 4.66. The van der Waals surface area contributed by atoms with E-state index in [1.807, 2.05) is 6.92 Å². The van der Waals surface area contributed by atoms with Crippen LogP contribution in [0.25, 0.3) is 0 Å². The molecule has 1 heterocycles. The predicted molar refractivity (Wildman–Crippen MR) is 42.3 cm³/mol. The van der Waals surface area contributed by atoms with Crippen molar-refractivity contribution < 1.29 is 4.65 Å². The van der Waals surface area contributed by atoms with Gasteiger partial charge in [-0.25, -0.2) is 0 Å². The van der Waals surface area contributed by atoms with Gasteiger partial charge in [0.25, 0.3) is 0 Å². The minimum absolute atomic E-state index is 0.0799. The lowest BCUT2D eigenvalue weighted by atomic mass is 10.2. The highest BCUT2D eigenvalue weighted by Gasteiger charge is 2.31. The van der Waals surface area contributed by atoms with E-state index in [2.05, 4.69) is 6.92 Å². The number of quaternary nitrogens is 1. The van der Waals surface area contributed by atoms with Gasteiger partial charge >= 0.3 is 0 Å². The van der Waals surface area contributed by atoms with E-state index in [1.54, 1.807) is 0 Å². The zero-order chi connectivity index (χ0) is 7.61. The minimum atomic E-state index is 0.0799. The van der Waals surface area contributed by atoms with Crippen molar-refractivity contribution >= 4 is 0 Å². The number of hydrogen-bond acceptors (Lipinski definition) is 1. The SMILES string of the molecule is CCC1CCC[N+]1([O-])CC. The Morgan fingerprint density at radius 2 is 2.20 bits per heavy atom. The van der Waals surface area contributed by atoms with E-state index in [0.29, 0.717) is 6.04 Å². The first-order valence-electron chi connectivity index (χ1n) is 4.30. The summed E-state index contributed by atoms with van der Waals surface area (Å²) in [5, 5.41) is 11.8. The third-order valence-corrected chi connectivity index (χ3v) is 2.75. The molecule has 0 aromatic heterocycles. The normalized spacial score (nSPS) is 40.5. The van der Waals surface area contributed by atoms with Gasteiger partial charge in [0, 0.05) is 12.8 Å². The second-order valence-electron chi connectivity index (χ2n) is 3.20. The first-order chi connectivity index (χ1) is 4.73. The van der Waals surface area contributed by atoms with Crippen molar-refractivity contribution in [2.45, 2.75) is 39.2 Å². The summed E-state index contributed by atoms with van der Waals surface area (Å²) in [6, 6.07) is 0.407. The van der Waals surface area contributed by atoms with Crippen LogP contribution in [0, 0.1) is 5.21 Å². The average molecular weight is 143 g/mol. The molecule has 0 N–H and O–H groups in total. The van der Waals surface area contributed by atoms with Crippen molar-refractivity contribution in [1.82, 2.24) is 0 Å². The smallest absolute Gasteiger partial charge is 0.0886 e. The highest BCUT2D eigenvalue weighted by Crippen LogP contribution is 2.27. The van der Waals surface area contributed by atoms with Gasteiger partial charge in [0.05, 0.1) is 19.1 Å². The zero-order valence-electron chi connectivity index (χ0n) is 6.97. The van der Waals surface area contributed by atoms with Crippen LogP contribution in [0.2, 0.25) is 0 Å². The Morgan fingerprint density at radius 3 is 2.60 bits per heavy atom. The Kier molecular flexibility index (Phi) is 2.32. The third-order valence-electron chi connectivity index (χ3n) is 2.75. The minimum Gasteiger partial charge on any atom is -0.633 e. The molecule has 1 saturated heterocycles. The molecule has 1 fully saturated rings. The maximum absolute atomic E-state index is 11.8. The maximum atomic E-state index is 11.8. The van der Waals surface area contributed by atoms with Crippen LogP contribution in [-0.4, -0.2) is 23.8 Å². The zero-order valence-corrected chi connectivity index (χ0v) is 6.97. The van der Waals surface area contributed by atoms with E-state index >= 15 is 0 Å². The van der Waals surface area contributed by atoms with Gasteiger partial charge in [-0.05, 0) is 13.3 Å². The Balaban J connectivity index is 2.56. The summed E-state index contributed by atoms with van der Waals surface area (Å²) in [5.41, 5.74) is 0. The Morgan fingerprint density at radius 1 is 1.50 bits per heavy atom. The summed E-state index contributed by atoms with van der Waals surface area (Å²) in [6.45, 7) is 5.74. The highest BCUT2D eigenvalue weighted by atomic mass is 16.5. The first kappa shape index (κ1) is 8.02. The molecule has 1 aliphatic rings. The fourth-order valence-electron chi connectivity index (χ4n) is 1.97. The molecule has 0 bridgehead atoms. The largest absolute Gasteiger partial charge is 0.633 e. The summed E-state index contributed by atoms with van der Waals surface area (Å²) >= 11 is 0. The van der Waals surface area contributed by atoms with Gasteiger partial charge in [0.2, 0.25) is 0 Å². The van der Waals surface area contributed by atoms with Crippen LogP contribution in [0.3, 0.4) is 0 Å². The molecule has 0 aliphatic carbocycles. The molecule has 2 unspecified atom stereocenters. The molecule has 0 aromatic rings. The molecule has 0 saturated carbocycles. The third kappa shape index (κ3) is 1.18. The van der Waals surface area contributed by atoms with Crippen molar-refractivity contribution in [3.8, 4) is 0 Å². The molecular formula is C8H17NO. The van der Waals surface area contributed by atoms with Gasteiger partial charge in [-0.2, -0.15) is 0 Å². The van der Waals surface area contributed by atoms with Crippen molar-refractivity contribution in [1.29, 1.82) is 0 Å². The fraction of sp³-hybridized carbons (Fsp3) is 1.00. The van der Waals surface area contributed by atoms with Crippen molar-refractivity contribution in [3.05, 3.63) is 5.21 Å². The monoisotopic (exact) mass is 143 g/mol. The van der Waals surface area contributed by atoms with E-state index < -0.39 is 0 Å². The quantitative estimate of drug-likeness (QED) is 0.427. The molecule has 0 aromatic carbocycles. The second kappa shape index (κ2) is 2.89. The predicted octanol–water partition coefficient (Wildman–Crippen LogP) is 1.89. The number of nitrogens with zero attached hydrogens (tertiary/aromatic N) is 1. The molecule has 0 amide bonds. The molecule has 0 radical (unpaired) electrons. The summed E-state index contributed by atoms with van der Waals surface area (Å²) in [6.07, 6.45) is 3.33. The van der Waals surface area contributed by atoms with Crippen LogP contribution in [0.5, 0.6) is 0 Å². The molecule has 2 nitrogen and oxygen atoms in total. The average Bonchev–Trinajstić information content (AvgIpc) is 2.32. The molecule has 10 heavy (non-hydrogen) atoms. The van der Waals surface area contributed by atoms with Crippen molar-refractivity contribution in [2.24, 2.45) is 0 Å². The molecule has 0 spiro atoms. The Labute approximate surface area is 63.0 Å². The van der Waals surface area contributed by atoms with Crippen LogP contribution < -0.4 is 0 Å². The summed E-state index contributed by atoms with van der Waals surface area (Å²) in [7, 11) is 0. The van der Waals surface area contributed by atoms with Crippen molar-refractivity contribution in [3.63, 3.8) is 0 Å². The lowest BCUT2D eigenvalue weighted by Crippen LogP contribution is -2.45. The van der Waals surface area contributed by atoms with E-state index in [-0.39, 0.29) is 4.65 Å². The second-order valence-corrected chi connectivity index (χ2v) is 3.20. The first-order valence-corrected chi connectivity index (χ1v) is 4.30. The van der Waals surface area contributed by atoms with Crippen LogP contribution in [-0.2, 0) is 0 Å². The number of rotatable bonds is 2. The van der Waals surface area contributed by atoms with Gasteiger partial charge in [0.15, 0.2) is 0 Å². The van der Waals surface area contributed by atoms with Crippen molar-refractivity contribution in [2.75, 3.05) is 13.1 Å². The van der Waals surface area contributed by atoms with E-state index in [9.17, 15) is 5.21 Å².